The van der Waals surface area contributed by atoms with Crippen molar-refractivity contribution in [1.82, 2.24) is 5.16 Å². The minimum Gasteiger partial charge on any atom is -0.355 e. The highest BCUT2D eigenvalue weighted by Gasteiger charge is 2.14. The Hall–Kier alpha value is -3.40. The van der Waals surface area contributed by atoms with E-state index in [9.17, 15) is 4.79 Å². The van der Waals surface area contributed by atoms with Gasteiger partial charge >= 0.3 is 0 Å². The van der Waals surface area contributed by atoms with E-state index in [-0.39, 0.29) is 5.91 Å². The molecule has 1 N–H and O–H groups in total. The molecule has 0 radical (unpaired) electrons. The molecule has 0 aliphatic rings. The highest BCUT2D eigenvalue weighted by atomic mass is 16.5. The molecule has 0 saturated heterocycles. The molecule has 4 nitrogen and oxygen atoms in total. The molecule has 128 valence electrons. The number of carbonyl (C=O) groups excluding carboxylic acids is 1. The van der Waals surface area contributed by atoms with E-state index < -0.39 is 0 Å². The number of aryl methyl sites for hydroxylation is 1. The van der Waals surface area contributed by atoms with Crippen LogP contribution in [0.5, 0.6) is 0 Å². The number of nitrogens with one attached hydrogen (secondary N) is 1. The van der Waals surface area contributed by atoms with Crippen LogP contribution in [0.4, 0.5) is 5.69 Å². The molecule has 1 amide bonds. The molecular formula is C22H18N2O2. The van der Waals surface area contributed by atoms with E-state index in [0.29, 0.717) is 11.3 Å². The molecular weight excluding hydrogens is 324 g/mol. The minimum absolute atomic E-state index is 0.156. The third-order valence-corrected chi connectivity index (χ3v) is 4.39. The van der Waals surface area contributed by atoms with E-state index in [0.717, 1.165) is 28.6 Å². The lowest BCUT2D eigenvalue weighted by Gasteiger charge is -2.06. The monoisotopic (exact) mass is 342 g/mol. The van der Waals surface area contributed by atoms with Crippen molar-refractivity contribution in [1.29, 1.82) is 0 Å². The maximum atomic E-state index is 12.6. The highest BCUT2D eigenvalue weighted by molar-refractivity contribution is 6.07. The van der Waals surface area contributed by atoms with Crippen molar-refractivity contribution < 1.29 is 9.32 Å². The van der Waals surface area contributed by atoms with Crippen LogP contribution in [0.15, 0.2) is 77.3 Å². The van der Waals surface area contributed by atoms with Crippen molar-refractivity contribution in [3.8, 4) is 11.3 Å². The van der Waals surface area contributed by atoms with Gasteiger partial charge in [-0.3, -0.25) is 4.79 Å². The number of hydrogen-bond acceptors (Lipinski definition) is 3. The van der Waals surface area contributed by atoms with Crippen LogP contribution in [0.1, 0.15) is 22.8 Å². The summed E-state index contributed by atoms with van der Waals surface area (Å²) in [5, 5.41) is 7.85. The molecule has 0 spiro atoms. The molecule has 1 heterocycles. The Morgan fingerprint density at radius 1 is 1.00 bits per heavy atom. The molecule has 4 aromatic rings. The van der Waals surface area contributed by atoms with Crippen LogP contribution < -0.4 is 5.32 Å². The van der Waals surface area contributed by atoms with Gasteiger partial charge in [-0.05, 0) is 42.3 Å². The van der Waals surface area contributed by atoms with E-state index in [1.807, 2.05) is 60.7 Å². The average molecular weight is 342 g/mol. The van der Waals surface area contributed by atoms with E-state index in [1.165, 1.54) is 5.56 Å². The van der Waals surface area contributed by atoms with Crippen molar-refractivity contribution >= 4 is 22.5 Å². The molecule has 4 rings (SSSR count). The van der Waals surface area contributed by atoms with Gasteiger partial charge in [-0.1, -0.05) is 54.5 Å². The van der Waals surface area contributed by atoms with Crippen LogP contribution in [-0.4, -0.2) is 11.1 Å². The minimum atomic E-state index is -0.156. The van der Waals surface area contributed by atoms with Crippen LogP contribution >= 0.6 is 0 Å². The van der Waals surface area contributed by atoms with E-state index in [2.05, 4.69) is 17.4 Å². The lowest BCUT2D eigenvalue weighted by molar-refractivity contribution is 0.102. The number of rotatable bonds is 4. The van der Waals surface area contributed by atoms with Crippen molar-refractivity contribution in [2.75, 3.05) is 5.32 Å². The average Bonchev–Trinajstić information content (AvgIpc) is 3.12. The number of benzene rings is 3. The van der Waals surface area contributed by atoms with E-state index >= 15 is 0 Å². The predicted octanol–water partition coefficient (Wildman–Crippen LogP) is 5.31. The molecule has 0 bridgehead atoms. The number of aromatic nitrogens is 1. The fraction of sp³-hybridized carbons (Fsp3) is 0.0909. The first-order valence-corrected chi connectivity index (χ1v) is 8.60. The molecule has 26 heavy (non-hydrogen) atoms. The van der Waals surface area contributed by atoms with Gasteiger partial charge in [-0.15, -0.1) is 0 Å². The van der Waals surface area contributed by atoms with Gasteiger partial charge in [0.05, 0.1) is 5.39 Å². The Bertz CT molecular complexity index is 1050. The molecule has 4 heteroatoms. The number of carbonyl (C=O) groups is 1. The zero-order valence-electron chi connectivity index (χ0n) is 14.4. The van der Waals surface area contributed by atoms with Crippen LogP contribution in [0, 0.1) is 0 Å². The maximum Gasteiger partial charge on any atom is 0.255 e. The number of amides is 1. The standard InChI is InChI=1S/C22H18N2O2/c1-2-15-8-11-18(12-9-15)23-22(25)17-10-13-20-19(14-17)21(26-24-20)16-6-4-3-5-7-16/h3-14H,2H2,1H3,(H,23,25). The summed E-state index contributed by atoms with van der Waals surface area (Å²) in [4.78, 5) is 12.6. The maximum absolute atomic E-state index is 12.6. The topological polar surface area (TPSA) is 55.1 Å². The second-order valence-electron chi connectivity index (χ2n) is 6.11. The Balaban J connectivity index is 1.64. The van der Waals surface area contributed by atoms with Gasteiger partial charge in [-0.2, -0.15) is 0 Å². The summed E-state index contributed by atoms with van der Waals surface area (Å²) >= 11 is 0. The van der Waals surface area contributed by atoms with Crippen LogP contribution in [-0.2, 0) is 6.42 Å². The second-order valence-corrected chi connectivity index (χ2v) is 6.11. The van der Waals surface area contributed by atoms with Gasteiger partial charge in [0.2, 0.25) is 0 Å². The molecule has 0 atom stereocenters. The summed E-state index contributed by atoms with van der Waals surface area (Å²) < 4.78 is 5.50. The van der Waals surface area contributed by atoms with Crippen molar-refractivity contribution in [3.63, 3.8) is 0 Å². The smallest absolute Gasteiger partial charge is 0.255 e. The molecule has 0 aliphatic heterocycles. The summed E-state index contributed by atoms with van der Waals surface area (Å²) in [6.45, 7) is 2.10. The lowest BCUT2D eigenvalue weighted by Crippen LogP contribution is -2.11. The van der Waals surface area contributed by atoms with E-state index in [1.54, 1.807) is 12.1 Å². The molecule has 0 fully saturated rings. The van der Waals surface area contributed by atoms with Crippen molar-refractivity contribution in [2.24, 2.45) is 0 Å². The van der Waals surface area contributed by atoms with Gasteiger partial charge in [0.1, 0.15) is 5.52 Å². The summed E-state index contributed by atoms with van der Waals surface area (Å²) in [6.07, 6.45) is 0.973. The lowest BCUT2D eigenvalue weighted by atomic mass is 10.1. The van der Waals surface area contributed by atoms with Gasteiger partial charge < -0.3 is 9.84 Å². The van der Waals surface area contributed by atoms with Crippen LogP contribution in [0.2, 0.25) is 0 Å². The number of hydrogen-bond donors (Lipinski definition) is 1. The molecule has 1 aromatic heterocycles. The Labute approximate surface area is 151 Å². The fourth-order valence-corrected chi connectivity index (χ4v) is 2.91. The summed E-state index contributed by atoms with van der Waals surface area (Å²) in [5.74, 6) is 0.513. The fourth-order valence-electron chi connectivity index (χ4n) is 2.91. The van der Waals surface area contributed by atoms with Crippen LogP contribution in [0.3, 0.4) is 0 Å². The van der Waals surface area contributed by atoms with Crippen molar-refractivity contribution in [3.05, 3.63) is 83.9 Å². The summed E-state index contributed by atoms with van der Waals surface area (Å²) in [6, 6.07) is 23.0. The second kappa shape index (κ2) is 6.84. The SMILES string of the molecule is CCc1ccc(NC(=O)c2ccc3noc(-c4ccccc4)c3c2)cc1. The van der Waals surface area contributed by atoms with Gasteiger partial charge in [0.15, 0.2) is 5.76 Å². The first-order chi connectivity index (χ1) is 12.7. The van der Waals surface area contributed by atoms with E-state index in [4.69, 9.17) is 4.52 Å². The zero-order chi connectivity index (χ0) is 17.9. The molecule has 0 unspecified atom stereocenters. The van der Waals surface area contributed by atoms with Crippen molar-refractivity contribution in [2.45, 2.75) is 13.3 Å². The summed E-state index contributed by atoms with van der Waals surface area (Å²) in [7, 11) is 0. The largest absolute Gasteiger partial charge is 0.355 e. The first kappa shape index (κ1) is 16.1. The predicted molar refractivity (Wildman–Crippen MR) is 103 cm³/mol. The number of nitrogens with zero attached hydrogens (tertiary/aromatic N) is 1. The normalized spacial score (nSPS) is 10.8. The molecule has 3 aromatic carbocycles. The Morgan fingerprint density at radius 3 is 2.50 bits per heavy atom. The third-order valence-electron chi connectivity index (χ3n) is 4.39. The summed E-state index contributed by atoms with van der Waals surface area (Å²) in [5.41, 5.74) is 4.25. The van der Waals surface area contributed by atoms with Gasteiger partial charge in [0, 0.05) is 16.8 Å². The third kappa shape index (κ3) is 3.09. The zero-order valence-corrected chi connectivity index (χ0v) is 14.4. The van der Waals surface area contributed by atoms with Gasteiger partial charge in [0.25, 0.3) is 5.91 Å². The van der Waals surface area contributed by atoms with Crippen LogP contribution in [0.25, 0.3) is 22.2 Å². The highest BCUT2D eigenvalue weighted by Crippen LogP contribution is 2.29. The quantitative estimate of drug-likeness (QED) is 0.547. The van der Waals surface area contributed by atoms with Gasteiger partial charge in [-0.25, -0.2) is 0 Å². The Kier molecular flexibility index (Phi) is 4.23. The Morgan fingerprint density at radius 2 is 1.77 bits per heavy atom. The first-order valence-electron chi connectivity index (χ1n) is 8.60. The number of anilines is 1. The molecule has 0 aliphatic carbocycles. The molecule has 0 saturated carbocycles. The number of fused-ring (bicyclic) bond motifs is 1.